The van der Waals surface area contributed by atoms with Crippen molar-refractivity contribution in [2.75, 3.05) is 19.7 Å². The minimum absolute atomic E-state index is 0.0868. The second kappa shape index (κ2) is 4.29. The molecule has 0 spiro atoms. The van der Waals surface area contributed by atoms with Gasteiger partial charge in [0.25, 0.3) is 0 Å². The summed E-state index contributed by atoms with van der Waals surface area (Å²) in [7, 11) is 0. The van der Waals surface area contributed by atoms with E-state index in [1.54, 1.807) is 0 Å². The van der Waals surface area contributed by atoms with Crippen LogP contribution in [0.15, 0.2) is 23.8 Å². The molecule has 4 nitrogen and oxygen atoms in total. The Morgan fingerprint density at radius 3 is 2.80 bits per heavy atom. The van der Waals surface area contributed by atoms with Crippen LogP contribution in [0, 0.1) is 0 Å². The maximum atomic E-state index is 11.3. The molecule has 1 fully saturated rings. The number of Topliss-reactive ketones (excluding diaryl/α,β-unsaturated/α-hetero) is 1. The van der Waals surface area contributed by atoms with Crippen LogP contribution in [0.3, 0.4) is 0 Å². The van der Waals surface area contributed by atoms with E-state index in [0.717, 1.165) is 18.4 Å². The van der Waals surface area contributed by atoms with E-state index in [1.807, 2.05) is 6.08 Å². The van der Waals surface area contributed by atoms with Gasteiger partial charge in [-0.1, -0.05) is 18.2 Å². The van der Waals surface area contributed by atoms with Gasteiger partial charge in [-0.25, -0.2) is 4.79 Å². The third-order valence-corrected chi connectivity index (χ3v) is 2.43. The first-order valence-corrected chi connectivity index (χ1v) is 5.04. The van der Waals surface area contributed by atoms with E-state index in [0.29, 0.717) is 6.61 Å². The van der Waals surface area contributed by atoms with E-state index in [4.69, 9.17) is 4.74 Å². The number of amides is 1. The quantitative estimate of drug-likeness (QED) is 0.685. The van der Waals surface area contributed by atoms with Crippen molar-refractivity contribution in [3.8, 4) is 0 Å². The number of hydrogen-bond donors (Lipinski definition) is 0. The summed E-state index contributed by atoms with van der Waals surface area (Å²) in [6.45, 7) is 0.710. The van der Waals surface area contributed by atoms with Gasteiger partial charge in [-0.3, -0.25) is 9.69 Å². The number of nitrogens with zero attached hydrogens (tertiary/aromatic N) is 1. The molecule has 2 aliphatic rings. The van der Waals surface area contributed by atoms with E-state index < -0.39 is 6.09 Å². The third kappa shape index (κ3) is 2.46. The molecule has 80 valence electrons. The smallest absolute Gasteiger partial charge is 0.410 e. The Morgan fingerprint density at radius 1 is 1.40 bits per heavy atom. The number of allylic oxidation sites excluding steroid dienone is 2. The van der Waals surface area contributed by atoms with E-state index in [9.17, 15) is 9.59 Å². The van der Waals surface area contributed by atoms with Gasteiger partial charge < -0.3 is 4.74 Å². The third-order valence-electron chi connectivity index (χ3n) is 2.43. The van der Waals surface area contributed by atoms with Crippen molar-refractivity contribution < 1.29 is 14.3 Å². The zero-order chi connectivity index (χ0) is 10.7. The molecule has 4 heteroatoms. The summed E-state index contributed by atoms with van der Waals surface area (Å²) in [6, 6.07) is 0. The number of likely N-dealkylation sites (tertiary alicyclic amines) is 1. The van der Waals surface area contributed by atoms with Crippen molar-refractivity contribution in [3.05, 3.63) is 23.8 Å². The van der Waals surface area contributed by atoms with Crippen molar-refractivity contribution in [3.63, 3.8) is 0 Å². The van der Waals surface area contributed by atoms with Gasteiger partial charge in [-0.05, 0) is 18.4 Å². The first kappa shape index (κ1) is 9.96. The molecule has 0 bridgehead atoms. The van der Waals surface area contributed by atoms with E-state index in [1.165, 1.54) is 4.90 Å². The van der Waals surface area contributed by atoms with Crippen LogP contribution < -0.4 is 0 Å². The Hall–Kier alpha value is -1.58. The minimum Gasteiger partial charge on any atom is -0.445 e. The molecule has 0 aromatic heterocycles. The number of ether oxygens (including phenoxy) is 1. The van der Waals surface area contributed by atoms with Crippen LogP contribution in [0.2, 0.25) is 0 Å². The Labute approximate surface area is 88.2 Å². The highest BCUT2D eigenvalue weighted by molar-refractivity contribution is 5.94. The fraction of sp³-hybridized carbons (Fsp3) is 0.455. The fourth-order valence-electron chi connectivity index (χ4n) is 1.52. The standard InChI is InChI=1S/C11H13NO3/c13-10-6-12(7-10)11(14)15-8-9-4-2-1-3-5-9/h2,4-5H,1,3,6-8H2. The van der Waals surface area contributed by atoms with Crippen LogP contribution in [0.5, 0.6) is 0 Å². The lowest BCUT2D eigenvalue weighted by atomic mass is 10.1. The van der Waals surface area contributed by atoms with Crippen molar-refractivity contribution in [2.45, 2.75) is 12.8 Å². The van der Waals surface area contributed by atoms with Gasteiger partial charge >= 0.3 is 6.09 Å². The lowest BCUT2D eigenvalue weighted by Gasteiger charge is -2.28. The Balaban J connectivity index is 1.73. The Bertz CT molecular complexity index is 336. The Kier molecular flexibility index (Phi) is 2.85. The van der Waals surface area contributed by atoms with Gasteiger partial charge in [0.2, 0.25) is 0 Å². The van der Waals surface area contributed by atoms with Gasteiger partial charge in [0.1, 0.15) is 6.61 Å². The molecule has 1 heterocycles. The predicted molar refractivity (Wildman–Crippen MR) is 54.4 cm³/mol. The van der Waals surface area contributed by atoms with Crippen LogP contribution >= 0.6 is 0 Å². The summed E-state index contributed by atoms with van der Waals surface area (Å²) in [4.78, 5) is 23.4. The zero-order valence-corrected chi connectivity index (χ0v) is 8.44. The van der Waals surface area contributed by atoms with Crippen LogP contribution in [0.1, 0.15) is 12.8 Å². The van der Waals surface area contributed by atoms with Gasteiger partial charge in [0, 0.05) is 0 Å². The summed E-state index contributed by atoms with van der Waals surface area (Å²) >= 11 is 0. The molecule has 0 atom stereocenters. The maximum absolute atomic E-state index is 11.3. The molecule has 2 rings (SSSR count). The monoisotopic (exact) mass is 207 g/mol. The molecule has 0 aromatic carbocycles. The molecule has 0 N–H and O–H groups in total. The molecule has 1 saturated heterocycles. The largest absolute Gasteiger partial charge is 0.445 e. The summed E-state index contributed by atoms with van der Waals surface area (Å²) < 4.78 is 5.05. The SMILES string of the molecule is O=C1CN(C(=O)OCC2=CCCC=C2)C1. The van der Waals surface area contributed by atoms with E-state index >= 15 is 0 Å². The highest BCUT2D eigenvalue weighted by Crippen LogP contribution is 2.11. The molecule has 0 unspecified atom stereocenters. The normalized spacial score (nSPS) is 19.6. The van der Waals surface area contributed by atoms with Crippen LogP contribution in [-0.2, 0) is 9.53 Å². The Morgan fingerprint density at radius 2 is 2.20 bits per heavy atom. The summed E-state index contributed by atoms with van der Waals surface area (Å²) in [6.07, 6.45) is 7.77. The average Bonchev–Trinajstić information content (AvgIpc) is 2.23. The first-order valence-electron chi connectivity index (χ1n) is 5.04. The number of hydrogen-bond acceptors (Lipinski definition) is 3. The number of carbonyl (C=O) groups excluding carboxylic acids is 2. The van der Waals surface area contributed by atoms with Crippen LogP contribution in [0.25, 0.3) is 0 Å². The highest BCUT2D eigenvalue weighted by atomic mass is 16.6. The summed E-state index contributed by atoms with van der Waals surface area (Å²) in [5.74, 6) is 0.0868. The lowest BCUT2D eigenvalue weighted by molar-refractivity contribution is -0.127. The topological polar surface area (TPSA) is 46.6 Å². The van der Waals surface area contributed by atoms with E-state index in [-0.39, 0.29) is 18.9 Å². The molecule has 0 saturated carbocycles. The zero-order valence-electron chi connectivity index (χ0n) is 8.44. The van der Waals surface area contributed by atoms with Crippen LogP contribution in [-0.4, -0.2) is 36.5 Å². The van der Waals surface area contributed by atoms with Crippen molar-refractivity contribution in [1.82, 2.24) is 4.90 Å². The molecular weight excluding hydrogens is 194 g/mol. The fourth-order valence-corrected chi connectivity index (χ4v) is 1.52. The lowest BCUT2D eigenvalue weighted by Crippen LogP contribution is -2.50. The van der Waals surface area contributed by atoms with Crippen molar-refractivity contribution in [1.29, 1.82) is 0 Å². The highest BCUT2D eigenvalue weighted by Gasteiger charge is 2.29. The first-order chi connectivity index (χ1) is 7.25. The van der Waals surface area contributed by atoms with Gasteiger partial charge in [-0.2, -0.15) is 0 Å². The maximum Gasteiger partial charge on any atom is 0.410 e. The number of rotatable bonds is 2. The van der Waals surface area contributed by atoms with Crippen molar-refractivity contribution >= 4 is 11.9 Å². The molecule has 0 radical (unpaired) electrons. The second-order valence-electron chi connectivity index (χ2n) is 3.71. The average molecular weight is 207 g/mol. The number of carbonyl (C=O) groups is 2. The molecule has 1 aliphatic carbocycles. The molecule has 1 amide bonds. The summed E-state index contributed by atoms with van der Waals surface area (Å²) in [5, 5.41) is 0. The van der Waals surface area contributed by atoms with Gasteiger partial charge in [0.05, 0.1) is 13.1 Å². The summed E-state index contributed by atoms with van der Waals surface area (Å²) in [5.41, 5.74) is 1.03. The minimum atomic E-state index is -0.394. The van der Waals surface area contributed by atoms with Gasteiger partial charge in [-0.15, -0.1) is 0 Å². The second-order valence-corrected chi connectivity index (χ2v) is 3.71. The molecule has 1 aliphatic heterocycles. The molecule has 15 heavy (non-hydrogen) atoms. The van der Waals surface area contributed by atoms with Crippen molar-refractivity contribution in [2.24, 2.45) is 0 Å². The molecular formula is C11H13NO3. The van der Waals surface area contributed by atoms with E-state index in [2.05, 4.69) is 12.2 Å². The van der Waals surface area contributed by atoms with Gasteiger partial charge in [0.15, 0.2) is 5.78 Å². The predicted octanol–water partition coefficient (Wildman–Crippen LogP) is 1.28. The molecule has 0 aromatic rings. The van der Waals surface area contributed by atoms with Crippen LogP contribution in [0.4, 0.5) is 4.79 Å². The number of ketones is 1.